The van der Waals surface area contributed by atoms with Gasteiger partial charge in [-0.3, -0.25) is 4.79 Å². The van der Waals surface area contributed by atoms with Gasteiger partial charge in [-0.1, -0.05) is 78.9 Å². The summed E-state index contributed by atoms with van der Waals surface area (Å²) in [5.41, 5.74) is 2.86. The van der Waals surface area contributed by atoms with Gasteiger partial charge in [-0.2, -0.15) is 0 Å². The number of anilines is 1. The zero-order chi connectivity index (χ0) is 20.1. The number of carbonyl (C=O) groups excluding carboxylic acids is 2. The summed E-state index contributed by atoms with van der Waals surface area (Å²) >= 11 is 0. The van der Waals surface area contributed by atoms with Crippen LogP contribution in [0.5, 0.6) is 0 Å². The van der Waals surface area contributed by atoms with Crippen LogP contribution in [0.3, 0.4) is 0 Å². The highest BCUT2D eigenvalue weighted by atomic mass is 16.2. The van der Waals surface area contributed by atoms with Crippen molar-refractivity contribution >= 4 is 17.6 Å². The molecule has 3 aromatic rings. The van der Waals surface area contributed by atoms with E-state index in [1.165, 1.54) is 0 Å². The standard InChI is InChI=1S/C24H23N3O2/c28-22-16-20(17-27(22)21-14-8-3-9-15-21)25-24(29)26-23(18-10-4-1-5-11-18)19-12-6-2-7-13-19/h1-15,20,23H,16-17H2,(H2,25,26,29)/t20-/m0/s1. The monoisotopic (exact) mass is 385 g/mol. The first-order valence-corrected chi connectivity index (χ1v) is 9.73. The zero-order valence-electron chi connectivity index (χ0n) is 16.0. The largest absolute Gasteiger partial charge is 0.333 e. The smallest absolute Gasteiger partial charge is 0.315 e. The van der Waals surface area contributed by atoms with E-state index in [1.807, 2.05) is 91.0 Å². The number of amides is 3. The van der Waals surface area contributed by atoms with Crippen molar-refractivity contribution in [3.05, 3.63) is 102 Å². The third-order valence-electron chi connectivity index (χ3n) is 5.07. The van der Waals surface area contributed by atoms with Crippen molar-refractivity contribution < 1.29 is 9.59 Å². The number of para-hydroxylation sites is 1. The Morgan fingerprint density at radius 2 is 1.34 bits per heavy atom. The fourth-order valence-electron chi connectivity index (χ4n) is 3.67. The van der Waals surface area contributed by atoms with E-state index < -0.39 is 0 Å². The van der Waals surface area contributed by atoms with Gasteiger partial charge in [0.1, 0.15) is 0 Å². The Balaban J connectivity index is 1.44. The SMILES string of the molecule is O=C(NC(c1ccccc1)c1ccccc1)N[C@H]1CC(=O)N(c2ccccc2)C1. The van der Waals surface area contributed by atoms with Crippen molar-refractivity contribution in [3.63, 3.8) is 0 Å². The summed E-state index contributed by atoms with van der Waals surface area (Å²) in [5.74, 6) is 0.0177. The van der Waals surface area contributed by atoms with Crippen LogP contribution in [0.2, 0.25) is 0 Å². The normalized spacial score (nSPS) is 16.1. The number of carbonyl (C=O) groups is 2. The first-order valence-electron chi connectivity index (χ1n) is 9.73. The third kappa shape index (κ3) is 4.46. The third-order valence-corrected chi connectivity index (χ3v) is 5.07. The minimum absolute atomic E-state index is 0.0177. The molecule has 3 aromatic carbocycles. The molecule has 0 spiro atoms. The number of benzene rings is 3. The molecule has 1 atom stereocenters. The summed E-state index contributed by atoms with van der Waals surface area (Å²) < 4.78 is 0. The Kier molecular flexibility index (Phi) is 5.56. The quantitative estimate of drug-likeness (QED) is 0.700. The van der Waals surface area contributed by atoms with Crippen molar-refractivity contribution in [1.82, 2.24) is 10.6 Å². The van der Waals surface area contributed by atoms with Gasteiger partial charge in [0.15, 0.2) is 0 Å². The lowest BCUT2D eigenvalue weighted by molar-refractivity contribution is -0.117. The van der Waals surface area contributed by atoms with Crippen LogP contribution in [0, 0.1) is 0 Å². The van der Waals surface area contributed by atoms with Gasteiger partial charge in [-0.05, 0) is 23.3 Å². The maximum atomic E-state index is 12.8. The van der Waals surface area contributed by atoms with Crippen molar-refractivity contribution in [3.8, 4) is 0 Å². The molecule has 1 fully saturated rings. The fourth-order valence-corrected chi connectivity index (χ4v) is 3.67. The maximum absolute atomic E-state index is 12.8. The molecule has 0 aliphatic carbocycles. The summed E-state index contributed by atoms with van der Waals surface area (Å²) in [6, 6.07) is 28.5. The van der Waals surface area contributed by atoms with Crippen LogP contribution >= 0.6 is 0 Å². The molecule has 5 nitrogen and oxygen atoms in total. The van der Waals surface area contributed by atoms with E-state index in [1.54, 1.807) is 4.90 Å². The van der Waals surface area contributed by atoms with Gasteiger partial charge in [0, 0.05) is 18.7 Å². The van der Waals surface area contributed by atoms with Crippen LogP contribution in [0.4, 0.5) is 10.5 Å². The summed E-state index contributed by atoms with van der Waals surface area (Å²) in [6.07, 6.45) is 0.295. The average molecular weight is 385 g/mol. The van der Waals surface area contributed by atoms with Crippen LogP contribution in [0.15, 0.2) is 91.0 Å². The first-order chi connectivity index (χ1) is 14.2. The molecule has 1 aliphatic rings. The molecular weight excluding hydrogens is 362 g/mol. The first kappa shape index (κ1) is 18.7. The highest BCUT2D eigenvalue weighted by Gasteiger charge is 2.32. The van der Waals surface area contributed by atoms with E-state index in [-0.39, 0.29) is 24.0 Å². The van der Waals surface area contributed by atoms with E-state index in [2.05, 4.69) is 10.6 Å². The Bertz CT molecular complexity index is 922. The molecule has 0 radical (unpaired) electrons. The molecule has 5 heteroatoms. The highest BCUT2D eigenvalue weighted by Crippen LogP contribution is 2.23. The molecule has 0 aromatic heterocycles. The Hall–Kier alpha value is -3.60. The predicted octanol–water partition coefficient (Wildman–Crippen LogP) is 3.88. The van der Waals surface area contributed by atoms with Gasteiger partial charge in [-0.25, -0.2) is 4.79 Å². The highest BCUT2D eigenvalue weighted by molar-refractivity contribution is 5.96. The van der Waals surface area contributed by atoms with E-state index in [9.17, 15) is 9.59 Å². The lowest BCUT2D eigenvalue weighted by Crippen LogP contribution is -2.44. The van der Waals surface area contributed by atoms with E-state index in [0.717, 1.165) is 16.8 Å². The predicted molar refractivity (Wildman–Crippen MR) is 114 cm³/mol. The lowest BCUT2D eigenvalue weighted by atomic mass is 9.99. The van der Waals surface area contributed by atoms with Gasteiger partial charge < -0.3 is 15.5 Å². The Labute approximate surface area is 170 Å². The second-order valence-corrected chi connectivity index (χ2v) is 7.11. The molecule has 2 N–H and O–H groups in total. The summed E-state index contributed by atoms with van der Waals surface area (Å²) in [4.78, 5) is 26.9. The average Bonchev–Trinajstić information content (AvgIpc) is 3.13. The van der Waals surface area contributed by atoms with Crippen LogP contribution in [0.1, 0.15) is 23.6 Å². The molecule has 1 aliphatic heterocycles. The van der Waals surface area contributed by atoms with Crippen LogP contribution in [-0.2, 0) is 4.79 Å². The molecule has 0 bridgehead atoms. The molecule has 3 amide bonds. The van der Waals surface area contributed by atoms with Crippen molar-refractivity contribution in [2.45, 2.75) is 18.5 Å². The molecule has 1 saturated heterocycles. The molecule has 1 heterocycles. The van der Waals surface area contributed by atoms with E-state index in [0.29, 0.717) is 13.0 Å². The molecule has 0 saturated carbocycles. The fraction of sp³-hybridized carbons (Fsp3) is 0.167. The molecule has 0 unspecified atom stereocenters. The lowest BCUT2D eigenvalue weighted by Gasteiger charge is -2.22. The van der Waals surface area contributed by atoms with E-state index >= 15 is 0 Å². The van der Waals surface area contributed by atoms with Crippen LogP contribution in [-0.4, -0.2) is 24.5 Å². The molecule has 29 heavy (non-hydrogen) atoms. The van der Waals surface area contributed by atoms with E-state index in [4.69, 9.17) is 0 Å². The van der Waals surface area contributed by atoms with Crippen molar-refractivity contribution in [1.29, 1.82) is 0 Å². The van der Waals surface area contributed by atoms with Gasteiger partial charge in [-0.15, -0.1) is 0 Å². The second-order valence-electron chi connectivity index (χ2n) is 7.11. The minimum atomic E-state index is -0.282. The summed E-state index contributed by atoms with van der Waals surface area (Å²) in [6.45, 7) is 0.470. The number of rotatable bonds is 5. The van der Waals surface area contributed by atoms with Gasteiger partial charge in [0.2, 0.25) is 5.91 Å². The maximum Gasteiger partial charge on any atom is 0.315 e. The Morgan fingerprint density at radius 1 is 0.828 bits per heavy atom. The second kappa shape index (κ2) is 8.61. The number of nitrogens with one attached hydrogen (secondary N) is 2. The van der Waals surface area contributed by atoms with Crippen molar-refractivity contribution in [2.24, 2.45) is 0 Å². The minimum Gasteiger partial charge on any atom is -0.333 e. The number of hydrogen-bond donors (Lipinski definition) is 2. The number of urea groups is 1. The number of nitrogens with zero attached hydrogens (tertiary/aromatic N) is 1. The topological polar surface area (TPSA) is 61.4 Å². The van der Waals surface area contributed by atoms with Gasteiger partial charge in [0.05, 0.1) is 12.1 Å². The van der Waals surface area contributed by atoms with Crippen LogP contribution in [0.25, 0.3) is 0 Å². The summed E-state index contributed by atoms with van der Waals surface area (Å²) in [7, 11) is 0. The number of hydrogen-bond acceptors (Lipinski definition) is 2. The molecule has 4 rings (SSSR count). The zero-order valence-corrected chi connectivity index (χ0v) is 16.0. The summed E-state index contributed by atoms with van der Waals surface area (Å²) in [5, 5.41) is 6.03. The molecule has 146 valence electrons. The van der Waals surface area contributed by atoms with Gasteiger partial charge >= 0.3 is 6.03 Å². The van der Waals surface area contributed by atoms with Crippen LogP contribution < -0.4 is 15.5 Å². The molecular formula is C24H23N3O2. The van der Waals surface area contributed by atoms with Gasteiger partial charge in [0.25, 0.3) is 0 Å². The van der Waals surface area contributed by atoms with Crippen molar-refractivity contribution in [2.75, 3.05) is 11.4 Å². The Morgan fingerprint density at radius 3 is 1.90 bits per heavy atom.